The number of esters is 1. The molecule has 4 nitrogen and oxygen atoms in total. The Morgan fingerprint density at radius 1 is 1.16 bits per heavy atom. The number of ether oxygens (including phenoxy) is 1. The van der Waals surface area contributed by atoms with E-state index in [1.807, 2.05) is 6.92 Å². The highest BCUT2D eigenvalue weighted by Crippen LogP contribution is 2.11. The van der Waals surface area contributed by atoms with Crippen LogP contribution < -0.4 is 5.32 Å². The van der Waals surface area contributed by atoms with E-state index >= 15 is 0 Å². The number of rotatable bonds is 7. The van der Waals surface area contributed by atoms with Crippen molar-refractivity contribution in [1.82, 2.24) is 0 Å². The minimum Gasteiger partial charge on any atom is -0.462 e. The highest BCUT2D eigenvalue weighted by molar-refractivity contribution is 6.02. The van der Waals surface area contributed by atoms with Crippen LogP contribution in [0, 0.1) is 5.82 Å². The van der Waals surface area contributed by atoms with Crippen LogP contribution in [0.15, 0.2) is 54.6 Å². The monoisotopic (exact) mass is 341 g/mol. The van der Waals surface area contributed by atoms with E-state index in [1.165, 1.54) is 24.3 Å². The van der Waals surface area contributed by atoms with Crippen molar-refractivity contribution < 1.29 is 18.7 Å². The zero-order valence-corrected chi connectivity index (χ0v) is 14.0. The fourth-order valence-electron chi connectivity index (χ4n) is 2.05. The summed E-state index contributed by atoms with van der Waals surface area (Å²) in [5.41, 5.74) is 1.59. The number of amides is 1. The number of carbonyl (C=O) groups is 2. The predicted octanol–water partition coefficient (Wildman–Crippen LogP) is 4.43. The van der Waals surface area contributed by atoms with E-state index < -0.39 is 0 Å². The fraction of sp³-hybridized carbons (Fsp3) is 0.200. The SMILES string of the molecule is CCCCOC(=O)c1ccc(NC(=O)/C=C/c2cccc(F)c2)cc1. The van der Waals surface area contributed by atoms with Crippen molar-refractivity contribution in [3.63, 3.8) is 0 Å². The van der Waals surface area contributed by atoms with Crippen LogP contribution in [0.2, 0.25) is 0 Å². The number of halogens is 1. The molecule has 0 bridgehead atoms. The van der Waals surface area contributed by atoms with Crippen molar-refractivity contribution in [1.29, 1.82) is 0 Å². The summed E-state index contributed by atoms with van der Waals surface area (Å²) < 4.78 is 18.2. The molecule has 0 atom stereocenters. The van der Waals surface area contributed by atoms with Crippen LogP contribution in [0.3, 0.4) is 0 Å². The number of unbranched alkanes of at least 4 members (excludes halogenated alkanes) is 1. The van der Waals surface area contributed by atoms with Gasteiger partial charge in [0.2, 0.25) is 5.91 Å². The van der Waals surface area contributed by atoms with Crippen LogP contribution >= 0.6 is 0 Å². The first-order valence-corrected chi connectivity index (χ1v) is 8.10. The third-order valence-electron chi connectivity index (χ3n) is 3.40. The van der Waals surface area contributed by atoms with E-state index in [9.17, 15) is 14.0 Å². The zero-order chi connectivity index (χ0) is 18.1. The molecule has 2 aromatic carbocycles. The lowest BCUT2D eigenvalue weighted by molar-refractivity contribution is -0.111. The van der Waals surface area contributed by atoms with Crippen LogP contribution in [0.25, 0.3) is 6.08 Å². The summed E-state index contributed by atoms with van der Waals surface area (Å²) in [5, 5.41) is 2.67. The van der Waals surface area contributed by atoms with E-state index in [0.29, 0.717) is 23.4 Å². The minimum atomic E-state index is -0.377. The topological polar surface area (TPSA) is 55.4 Å². The number of carbonyl (C=O) groups excluding carboxylic acids is 2. The van der Waals surface area contributed by atoms with Gasteiger partial charge in [-0.2, -0.15) is 0 Å². The molecule has 2 rings (SSSR count). The molecule has 0 aliphatic rings. The first-order chi connectivity index (χ1) is 12.1. The quantitative estimate of drug-likeness (QED) is 0.460. The zero-order valence-electron chi connectivity index (χ0n) is 14.0. The largest absolute Gasteiger partial charge is 0.462 e. The molecule has 130 valence electrons. The van der Waals surface area contributed by atoms with Crippen molar-refractivity contribution >= 4 is 23.6 Å². The van der Waals surface area contributed by atoms with E-state index in [2.05, 4.69) is 5.32 Å². The van der Waals surface area contributed by atoms with Crippen LogP contribution in [-0.2, 0) is 9.53 Å². The molecule has 0 aromatic heterocycles. The number of nitrogens with one attached hydrogen (secondary N) is 1. The fourth-order valence-corrected chi connectivity index (χ4v) is 2.05. The number of hydrogen-bond acceptors (Lipinski definition) is 3. The van der Waals surface area contributed by atoms with Gasteiger partial charge >= 0.3 is 5.97 Å². The number of hydrogen-bond donors (Lipinski definition) is 1. The summed E-state index contributed by atoms with van der Waals surface area (Å²) >= 11 is 0. The lowest BCUT2D eigenvalue weighted by Crippen LogP contribution is -2.09. The van der Waals surface area contributed by atoms with Crippen molar-refractivity contribution in [3.8, 4) is 0 Å². The Labute approximate surface area is 146 Å². The number of benzene rings is 2. The van der Waals surface area contributed by atoms with Crippen molar-refractivity contribution in [2.75, 3.05) is 11.9 Å². The van der Waals surface area contributed by atoms with Gasteiger partial charge in [-0.1, -0.05) is 25.5 Å². The van der Waals surface area contributed by atoms with Crippen LogP contribution in [-0.4, -0.2) is 18.5 Å². The molecule has 0 saturated carbocycles. The molecule has 2 aromatic rings. The number of anilines is 1. The molecule has 0 heterocycles. The second-order valence-corrected chi connectivity index (χ2v) is 5.44. The molecule has 25 heavy (non-hydrogen) atoms. The van der Waals surface area contributed by atoms with Gasteiger partial charge in [-0.3, -0.25) is 4.79 Å². The Morgan fingerprint density at radius 3 is 2.60 bits per heavy atom. The van der Waals surface area contributed by atoms with Gasteiger partial charge in [0, 0.05) is 11.8 Å². The summed E-state index contributed by atoms with van der Waals surface area (Å²) in [4.78, 5) is 23.7. The normalized spacial score (nSPS) is 10.6. The third kappa shape index (κ3) is 6.22. The smallest absolute Gasteiger partial charge is 0.338 e. The molecule has 0 saturated heterocycles. The Kier molecular flexibility index (Phi) is 6.89. The molecular weight excluding hydrogens is 321 g/mol. The van der Waals surface area contributed by atoms with Gasteiger partial charge in [0.1, 0.15) is 5.82 Å². The van der Waals surface area contributed by atoms with Crippen molar-refractivity contribution in [2.45, 2.75) is 19.8 Å². The van der Waals surface area contributed by atoms with Gasteiger partial charge in [-0.25, -0.2) is 9.18 Å². The van der Waals surface area contributed by atoms with Gasteiger partial charge in [-0.05, 0) is 54.5 Å². The van der Waals surface area contributed by atoms with Gasteiger partial charge in [0.25, 0.3) is 0 Å². The van der Waals surface area contributed by atoms with Crippen LogP contribution in [0.4, 0.5) is 10.1 Å². The van der Waals surface area contributed by atoms with Gasteiger partial charge in [0.05, 0.1) is 12.2 Å². The van der Waals surface area contributed by atoms with E-state index in [0.717, 1.165) is 12.8 Å². The second kappa shape index (κ2) is 9.37. The van der Waals surface area contributed by atoms with E-state index in [4.69, 9.17) is 4.74 Å². The average molecular weight is 341 g/mol. The third-order valence-corrected chi connectivity index (χ3v) is 3.40. The van der Waals surface area contributed by atoms with Crippen LogP contribution in [0.5, 0.6) is 0 Å². The Bertz CT molecular complexity index is 754. The first-order valence-electron chi connectivity index (χ1n) is 8.10. The average Bonchev–Trinajstić information content (AvgIpc) is 2.61. The molecule has 1 amide bonds. The molecule has 0 aliphatic heterocycles. The summed E-state index contributed by atoms with van der Waals surface area (Å²) in [5.74, 6) is -1.08. The van der Waals surface area contributed by atoms with Gasteiger partial charge in [-0.15, -0.1) is 0 Å². The molecule has 0 unspecified atom stereocenters. The molecular formula is C20H20FNO3. The Morgan fingerprint density at radius 2 is 1.92 bits per heavy atom. The van der Waals surface area contributed by atoms with Crippen molar-refractivity contribution in [2.24, 2.45) is 0 Å². The van der Waals surface area contributed by atoms with Crippen molar-refractivity contribution in [3.05, 3.63) is 71.6 Å². The Balaban J connectivity index is 1.89. The van der Waals surface area contributed by atoms with E-state index in [1.54, 1.807) is 36.4 Å². The lowest BCUT2D eigenvalue weighted by Gasteiger charge is -2.05. The summed E-state index contributed by atoms with van der Waals surface area (Å²) in [7, 11) is 0. The highest BCUT2D eigenvalue weighted by Gasteiger charge is 2.07. The van der Waals surface area contributed by atoms with Gasteiger partial charge in [0.15, 0.2) is 0 Å². The molecule has 0 aliphatic carbocycles. The summed E-state index contributed by atoms with van der Waals surface area (Å²) in [6.45, 7) is 2.42. The molecule has 1 N–H and O–H groups in total. The maximum absolute atomic E-state index is 13.1. The standard InChI is InChI=1S/C20H20FNO3/c1-2-3-13-25-20(24)16-8-10-18(11-9-16)22-19(23)12-7-15-5-4-6-17(21)14-15/h4-12,14H,2-3,13H2,1H3,(H,22,23)/b12-7+. The van der Waals surface area contributed by atoms with E-state index in [-0.39, 0.29) is 17.7 Å². The van der Waals surface area contributed by atoms with Crippen LogP contribution in [0.1, 0.15) is 35.7 Å². The maximum Gasteiger partial charge on any atom is 0.338 e. The molecule has 0 radical (unpaired) electrons. The second-order valence-electron chi connectivity index (χ2n) is 5.44. The predicted molar refractivity (Wildman–Crippen MR) is 95.7 cm³/mol. The highest BCUT2D eigenvalue weighted by atomic mass is 19.1. The summed E-state index contributed by atoms with van der Waals surface area (Å²) in [6, 6.07) is 12.4. The maximum atomic E-state index is 13.1. The Hall–Kier alpha value is -2.95. The molecule has 0 fully saturated rings. The summed E-state index contributed by atoms with van der Waals surface area (Å²) in [6.07, 6.45) is 4.64. The lowest BCUT2D eigenvalue weighted by atomic mass is 10.2. The molecule has 5 heteroatoms. The molecule has 0 spiro atoms. The minimum absolute atomic E-state index is 0.345. The first kappa shape index (κ1) is 18.4. The van der Waals surface area contributed by atoms with Gasteiger partial charge < -0.3 is 10.1 Å².